The molecule has 1 aliphatic rings. The fourth-order valence-corrected chi connectivity index (χ4v) is 6.05. The summed E-state index contributed by atoms with van der Waals surface area (Å²) in [6.45, 7) is -19.5. The molecule has 0 aromatic heterocycles. The summed E-state index contributed by atoms with van der Waals surface area (Å²) in [6, 6.07) is 0. The Labute approximate surface area is 282 Å². The third kappa shape index (κ3) is 4.49. The van der Waals surface area contributed by atoms with Gasteiger partial charge in [0.05, 0.1) is 0 Å². The Morgan fingerprint density at radius 1 is 0.333 bits per heavy atom. The van der Waals surface area contributed by atoms with Crippen LogP contribution in [-0.4, -0.2) is 34.1 Å². The van der Waals surface area contributed by atoms with Gasteiger partial charge in [0.25, 0.3) is 0 Å². The van der Waals surface area contributed by atoms with E-state index in [0.717, 1.165) is 0 Å². The molecule has 1 saturated heterocycles. The van der Waals surface area contributed by atoms with Gasteiger partial charge in [-0.3, -0.25) is 0 Å². The Morgan fingerprint density at radius 2 is 0.481 bits per heavy atom. The van der Waals surface area contributed by atoms with E-state index in [9.17, 15) is 72.3 Å². The Kier molecular flexibility index (Phi) is 9.56. The molecular weight excluding hydrogens is 786 g/mol. The van der Waals surface area contributed by atoms with Crippen LogP contribution < -0.4 is 16.4 Å². The van der Waals surface area contributed by atoms with E-state index < -0.39 is 138 Å². The minimum atomic E-state index is -6.49. The zero-order valence-electron chi connectivity index (χ0n) is 24.5. The van der Waals surface area contributed by atoms with Crippen LogP contribution in [0.3, 0.4) is 0 Å². The summed E-state index contributed by atoms with van der Waals surface area (Å²) in [5.41, 5.74) is 19.3. The lowest BCUT2D eigenvalue weighted by Gasteiger charge is -2.64. The van der Waals surface area contributed by atoms with E-state index >= 15 is 26.3 Å². The van der Waals surface area contributed by atoms with Gasteiger partial charge in [0.15, 0.2) is 52.4 Å². The summed E-state index contributed by atoms with van der Waals surface area (Å²) in [5, 5.41) is 44.3. The van der Waals surface area contributed by atoms with E-state index in [4.69, 9.17) is 0 Å². The highest BCUT2D eigenvalue weighted by Gasteiger charge is 2.75. The molecule has 0 saturated carbocycles. The molecule has 276 valence electrons. The normalized spacial score (nSPS) is 20.6. The molecule has 54 heavy (non-hydrogen) atoms. The Morgan fingerprint density at radius 3 is 0.611 bits per heavy atom. The first-order valence-corrected chi connectivity index (χ1v) is 12.9. The van der Waals surface area contributed by atoms with Crippen molar-refractivity contribution in [1.82, 2.24) is 14.5 Å². The highest BCUT2D eigenvalue weighted by Crippen LogP contribution is 2.45. The summed E-state index contributed by atoms with van der Waals surface area (Å²) in [4.78, 5) is 1.07. The van der Waals surface area contributed by atoms with Crippen LogP contribution in [0.5, 0.6) is 0 Å². The van der Waals surface area contributed by atoms with Gasteiger partial charge in [-0.05, 0) is 31.3 Å². The maximum Gasteiger partial charge on any atom is 0.352 e. The van der Waals surface area contributed by atoms with Crippen LogP contribution in [-0.2, 0) is 0 Å². The fraction of sp³-hybridized carbons (Fsp3) is 0. The predicted octanol–water partition coefficient (Wildman–Crippen LogP) is 5.77. The molecule has 18 nitrogen and oxygen atoms in total. The molecular formula is C18B3F15N18. The minimum absolute atomic E-state index is 1.49. The third-order valence-corrected chi connectivity index (χ3v) is 8.05. The molecule has 4 rings (SSSR count). The maximum atomic E-state index is 15.8. The molecule has 1 fully saturated rings. The van der Waals surface area contributed by atoms with Crippen LogP contribution in [0.15, 0.2) is 15.1 Å². The number of hydrogen-bond donors (Lipinski definition) is 0. The first-order chi connectivity index (χ1) is 25.3. The number of hydrogen-bond acceptors (Lipinski definition) is 9. The van der Waals surface area contributed by atoms with Gasteiger partial charge in [0.1, 0.15) is 34.9 Å². The van der Waals surface area contributed by atoms with Crippen molar-refractivity contribution in [2.24, 2.45) is 15.1 Å². The van der Waals surface area contributed by atoms with Crippen molar-refractivity contribution < 1.29 is 65.9 Å². The number of benzene rings is 3. The first kappa shape index (κ1) is 39.2. The molecule has 3 aromatic carbocycles. The smallest absolute Gasteiger partial charge is 0.302 e. The monoisotopic (exact) mass is 786 g/mol. The molecule has 3 aromatic rings. The van der Waals surface area contributed by atoms with Crippen molar-refractivity contribution in [3.8, 4) is 0 Å². The van der Waals surface area contributed by atoms with Gasteiger partial charge in [-0.25, -0.2) is 80.9 Å². The average Bonchev–Trinajstić information content (AvgIpc) is 3.13. The number of rotatable bonds is 6. The second-order valence-electron chi connectivity index (χ2n) is 10.2. The van der Waals surface area contributed by atoms with Crippen molar-refractivity contribution in [3.05, 3.63) is 134 Å². The summed E-state index contributed by atoms with van der Waals surface area (Å²) >= 11 is 0. The highest BCUT2D eigenvalue weighted by molar-refractivity contribution is 7.15. The van der Waals surface area contributed by atoms with Gasteiger partial charge in [-0.2, -0.15) is 0 Å². The van der Waals surface area contributed by atoms with Crippen molar-refractivity contribution in [2.75, 3.05) is 0 Å². The third-order valence-electron chi connectivity index (χ3n) is 8.05. The van der Waals surface area contributed by atoms with E-state index in [-0.39, 0.29) is 0 Å². The summed E-state index contributed by atoms with van der Waals surface area (Å²) in [6.07, 6.45) is 0. The second kappa shape index (κ2) is 13.2. The molecule has 1 heterocycles. The van der Waals surface area contributed by atoms with Crippen LogP contribution in [0.2, 0.25) is 0 Å². The molecule has 0 bridgehead atoms. The van der Waals surface area contributed by atoms with Gasteiger partial charge < -0.3 is 14.5 Å². The van der Waals surface area contributed by atoms with E-state index in [2.05, 4.69) is 30.3 Å². The van der Waals surface area contributed by atoms with Gasteiger partial charge >= 0.3 is 19.7 Å². The topological polar surface area (TPSA) is 240 Å². The maximum absolute atomic E-state index is 15.8. The van der Waals surface area contributed by atoms with Gasteiger partial charge in [0.2, 0.25) is 31.4 Å². The Balaban J connectivity index is 2.70. The van der Waals surface area contributed by atoms with Crippen molar-refractivity contribution >= 4 is 36.0 Å². The largest absolute Gasteiger partial charge is 0.352 e. The number of nitrogens with zero attached hydrogens (tertiary/aromatic N) is 18. The number of diazo groups is 3. The molecule has 0 amide bonds. The molecule has 0 unspecified atom stereocenters. The van der Waals surface area contributed by atoms with E-state index in [1.807, 2.05) is 14.7 Å². The average molecular weight is 786 g/mol. The predicted molar refractivity (Wildman–Crippen MR) is 143 cm³/mol. The van der Waals surface area contributed by atoms with E-state index in [0.29, 0.717) is 0 Å². The molecule has 0 spiro atoms. The van der Waals surface area contributed by atoms with E-state index in [1.54, 1.807) is 0 Å². The van der Waals surface area contributed by atoms with Crippen molar-refractivity contribution in [3.63, 3.8) is 0 Å². The second-order valence-corrected chi connectivity index (χ2v) is 10.2. The van der Waals surface area contributed by atoms with Crippen molar-refractivity contribution in [1.29, 1.82) is 16.2 Å². The van der Waals surface area contributed by atoms with Crippen LogP contribution in [0.25, 0.3) is 46.6 Å². The zero-order chi connectivity index (χ0) is 41.0. The zero-order valence-corrected chi connectivity index (χ0v) is 24.5. The molecule has 36 heteroatoms. The molecule has 0 N–H and O–H groups in total. The molecule has 0 radical (unpaired) electrons. The van der Waals surface area contributed by atoms with Crippen LogP contribution >= 0.6 is 0 Å². The van der Waals surface area contributed by atoms with Crippen LogP contribution in [0.1, 0.15) is 0 Å². The van der Waals surface area contributed by atoms with Crippen molar-refractivity contribution in [2.45, 2.75) is 0 Å². The summed E-state index contributed by atoms with van der Waals surface area (Å²) in [7, 11) is 0. The Bertz CT molecular complexity index is 2120. The number of halogens is 15. The van der Waals surface area contributed by atoms with Gasteiger partial charge in [-0.1, -0.05) is 16.4 Å². The van der Waals surface area contributed by atoms with Crippen LogP contribution in [0, 0.1) is 103 Å². The molecule has 1 aliphatic heterocycles. The lowest BCUT2D eigenvalue weighted by Crippen LogP contribution is -2.97. The number of azide groups is 3. The standard InChI is InChI=1S/C18B3F15N18/c22-4-1(5(23)11(29)16(34)10(4)28)19(43-46-37)52(49-40)20(44-47-38,2-6(24)12(30)17(35)13(31)7(2)25)54(51-42)21(45-48-39,53(19)50-41)3-8(26)14(32)18(36)15(33)9(3)27. The van der Waals surface area contributed by atoms with Gasteiger partial charge in [0, 0.05) is 0 Å². The SMILES string of the molecule is N#[N+]N1[B-](N=[N+]=[N-])(c2c(F)c(F)c(F)c(F)c2F)N([N+]#N)[B-](N=[N+]=[N-])(c2c(F)c(F)c(F)c(F)c2F)N([N+]#N)[B-]1(N=[N+]=[N-])c1c(F)c(F)c(F)c(F)c1F. The summed E-state index contributed by atoms with van der Waals surface area (Å²) in [5.74, 6) is -49.7. The summed E-state index contributed by atoms with van der Waals surface area (Å²) < 4.78 is 227. The highest BCUT2D eigenvalue weighted by atomic mass is 19.2. The lowest BCUT2D eigenvalue weighted by molar-refractivity contribution is 0.376. The Hall–Kier alpha value is -7.61. The molecule has 0 aliphatic carbocycles. The minimum Gasteiger partial charge on any atom is -0.302 e. The lowest BCUT2D eigenvalue weighted by atomic mass is 9.26. The fourth-order valence-electron chi connectivity index (χ4n) is 6.05. The van der Waals surface area contributed by atoms with Gasteiger partial charge in [-0.15, -0.1) is 0 Å². The van der Waals surface area contributed by atoms with E-state index in [1.165, 1.54) is 0 Å². The molecule has 0 atom stereocenters. The quantitative estimate of drug-likeness (QED) is 0.0439. The van der Waals surface area contributed by atoms with Crippen LogP contribution in [0.4, 0.5) is 65.9 Å². The first-order valence-electron chi connectivity index (χ1n) is 12.9.